The predicted molar refractivity (Wildman–Crippen MR) is 106 cm³/mol. The van der Waals surface area contributed by atoms with Gasteiger partial charge in [0, 0.05) is 45.7 Å². The number of amides is 1. The van der Waals surface area contributed by atoms with Crippen molar-refractivity contribution in [3.05, 3.63) is 17.5 Å². The largest absolute Gasteiger partial charge is 0.490 e. The Balaban J connectivity index is 0.000000553. The molecule has 0 saturated carbocycles. The van der Waals surface area contributed by atoms with Crippen molar-refractivity contribution in [2.45, 2.75) is 30.7 Å². The highest BCUT2D eigenvalue weighted by molar-refractivity contribution is 7.91. The lowest BCUT2D eigenvalue weighted by molar-refractivity contribution is -0.192. The van der Waals surface area contributed by atoms with Crippen molar-refractivity contribution in [2.75, 3.05) is 39.3 Å². The van der Waals surface area contributed by atoms with E-state index in [0.717, 1.165) is 13.1 Å². The third kappa shape index (κ3) is 8.58. The van der Waals surface area contributed by atoms with E-state index in [-0.39, 0.29) is 24.8 Å². The highest BCUT2D eigenvalue weighted by atomic mass is 32.2. The number of hydrogen-bond acceptors (Lipinski definition) is 6. The van der Waals surface area contributed by atoms with Gasteiger partial charge in [-0.3, -0.25) is 4.79 Å². The molecule has 2 rings (SSSR count). The van der Waals surface area contributed by atoms with E-state index in [2.05, 4.69) is 5.32 Å². The van der Waals surface area contributed by atoms with Crippen molar-refractivity contribution in [2.24, 2.45) is 5.92 Å². The van der Waals surface area contributed by atoms with Crippen LogP contribution in [0, 0.1) is 5.92 Å². The zero-order valence-electron chi connectivity index (χ0n) is 16.7. The molecule has 30 heavy (non-hydrogen) atoms. The fraction of sp³-hybridized carbons (Fsp3) is 0.647. The number of alkyl halides is 3. The van der Waals surface area contributed by atoms with Gasteiger partial charge < -0.3 is 15.3 Å². The summed E-state index contributed by atoms with van der Waals surface area (Å²) in [6.07, 6.45) is -4.85. The van der Waals surface area contributed by atoms with Gasteiger partial charge in [-0.05, 0) is 17.4 Å². The molecular weight excluding hydrogens is 447 g/mol. The van der Waals surface area contributed by atoms with E-state index in [1.807, 2.05) is 18.7 Å². The quantitative estimate of drug-likeness (QED) is 0.626. The zero-order valence-corrected chi connectivity index (χ0v) is 18.3. The minimum absolute atomic E-state index is 0.0293. The Hall–Kier alpha value is -1.70. The van der Waals surface area contributed by atoms with Gasteiger partial charge in [0.2, 0.25) is 5.91 Å². The first-order valence-electron chi connectivity index (χ1n) is 9.18. The van der Waals surface area contributed by atoms with Crippen LogP contribution in [0.15, 0.2) is 21.7 Å². The highest BCUT2D eigenvalue weighted by Crippen LogP contribution is 2.22. The molecule has 1 aromatic rings. The molecule has 2 N–H and O–H groups in total. The van der Waals surface area contributed by atoms with E-state index in [4.69, 9.17) is 9.90 Å². The van der Waals surface area contributed by atoms with Gasteiger partial charge in [0.05, 0.1) is 0 Å². The minimum atomic E-state index is -5.08. The monoisotopic (exact) mass is 473 g/mol. The molecule has 1 aromatic heterocycles. The van der Waals surface area contributed by atoms with Crippen LogP contribution in [0.3, 0.4) is 0 Å². The minimum Gasteiger partial charge on any atom is -0.475 e. The Morgan fingerprint density at radius 3 is 2.30 bits per heavy atom. The number of sulfonamides is 1. The molecule has 1 saturated heterocycles. The van der Waals surface area contributed by atoms with Gasteiger partial charge in [-0.25, -0.2) is 13.2 Å². The lowest BCUT2D eigenvalue weighted by Crippen LogP contribution is -2.47. The maximum atomic E-state index is 12.7. The molecule has 0 spiro atoms. The third-order valence-corrected chi connectivity index (χ3v) is 7.18. The molecule has 0 bridgehead atoms. The summed E-state index contributed by atoms with van der Waals surface area (Å²) in [5, 5.41) is 12.1. The van der Waals surface area contributed by atoms with Crippen molar-refractivity contribution in [1.82, 2.24) is 14.5 Å². The Kier molecular flexibility index (Phi) is 10.2. The van der Waals surface area contributed by atoms with Gasteiger partial charge >= 0.3 is 12.1 Å². The molecule has 0 atom stereocenters. The molecule has 1 amide bonds. The number of nitrogens with zero attached hydrogens (tertiary/aromatic N) is 2. The average molecular weight is 474 g/mol. The second kappa shape index (κ2) is 11.6. The molecular formula is C17H26F3N3O5S2. The summed E-state index contributed by atoms with van der Waals surface area (Å²) in [5.74, 6) is -2.52. The van der Waals surface area contributed by atoms with Gasteiger partial charge in [-0.15, -0.1) is 11.3 Å². The van der Waals surface area contributed by atoms with Crippen molar-refractivity contribution >= 4 is 33.2 Å². The van der Waals surface area contributed by atoms with Crippen LogP contribution in [0.2, 0.25) is 0 Å². The molecule has 0 unspecified atom stereocenters. The van der Waals surface area contributed by atoms with Crippen LogP contribution in [0.5, 0.6) is 0 Å². The second-order valence-electron chi connectivity index (χ2n) is 6.87. The van der Waals surface area contributed by atoms with Crippen molar-refractivity contribution in [1.29, 1.82) is 0 Å². The summed E-state index contributed by atoms with van der Waals surface area (Å²) in [6.45, 7) is 7.62. The molecule has 172 valence electrons. The van der Waals surface area contributed by atoms with Crippen LogP contribution in [0.25, 0.3) is 0 Å². The second-order valence-corrected chi connectivity index (χ2v) is 9.99. The van der Waals surface area contributed by atoms with Gasteiger partial charge in [-0.1, -0.05) is 19.9 Å². The van der Waals surface area contributed by atoms with Crippen molar-refractivity contribution in [3.63, 3.8) is 0 Å². The van der Waals surface area contributed by atoms with E-state index in [1.54, 1.807) is 17.5 Å². The van der Waals surface area contributed by atoms with Crippen LogP contribution in [0.4, 0.5) is 13.2 Å². The summed E-state index contributed by atoms with van der Waals surface area (Å²) in [5.41, 5.74) is 0. The number of aliphatic carboxylic acids is 1. The Morgan fingerprint density at radius 1 is 1.30 bits per heavy atom. The highest BCUT2D eigenvalue weighted by Gasteiger charge is 2.38. The smallest absolute Gasteiger partial charge is 0.475 e. The molecule has 0 aromatic carbocycles. The van der Waals surface area contributed by atoms with Gasteiger partial charge in [-0.2, -0.15) is 17.5 Å². The number of nitrogens with one attached hydrogen (secondary N) is 1. The first-order valence-corrected chi connectivity index (χ1v) is 11.5. The van der Waals surface area contributed by atoms with Gasteiger partial charge in [0.15, 0.2) is 0 Å². The molecule has 1 fully saturated rings. The van der Waals surface area contributed by atoms with Crippen LogP contribution in [0.1, 0.15) is 20.3 Å². The summed E-state index contributed by atoms with van der Waals surface area (Å²) < 4.78 is 59.0. The molecule has 8 nitrogen and oxygen atoms in total. The maximum absolute atomic E-state index is 12.7. The van der Waals surface area contributed by atoms with E-state index < -0.39 is 22.2 Å². The third-order valence-electron chi connectivity index (χ3n) is 3.95. The topological polar surface area (TPSA) is 107 Å². The standard InChI is InChI=1S/C15H25N3O3S2.C2HF3O2/c1-13(2)12-18(23(20,21)15-4-3-11-22-15)8-5-14(19)17-9-6-16-7-10-17;3-2(4,5)1(6)7/h3-4,11,13,16H,5-10,12H2,1-2H3;(H,6,7). The normalized spacial score (nSPS) is 15.1. The summed E-state index contributed by atoms with van der Waals surface area (Å²) >= 11 is 1.21. The zero-order chi connectivity index (χ0) is 22.9. The summed E-state index contributed by atoms with van der Waals surface area (Å²) in [7, 11) is -3.51. The van der Waals surface area contributed by atoms with E-state index in [0.29, 0.717) is 23.8 Å². The van der Waals surface area contributed by atoms with Crippen LogP contribution in [-0.4, -0.2) is 80.1 Å². The predicted octanol–water partition coefficient (Wildman–Crippen LogP) is 1.85. The molecule has 13 heteroatoms. The molecule has 2 heterocycles. The fourth-order valence-corrected chi connectivity index (χ4v) is 5.30. The van der Waals surface area contributed by atoms with Crippen LogP contribution < -0.4 is 5.32 Å². The van der Waals surface area contributed by atoms with Crippen LogP contribution in [-0.2, 0) is 19.6 Å². The van der Waals surface area contributed by atoms with Crippen molar-refractivity contribution in [3.8, 4) is 0 Å². The number of carboxylic acids is 1. The van der Waals surface area contributed by atoms with E-state index in [1.165, 1.54) is 15.6 Å². The van der Waals surface area contributed by atoms with Gasteiger partial charge in [0.25, 0.3) is 10.0 Å². The Morgan fingerprint density at radius 2 is 1.87 bits per heavy atom. The first-order chi connectivity index (χ1) is 13.9. The van der Waals surface area contributed by atoms with Crippen molar-refractivity contribution < 1.29 is 36.3 Å². The Bertz CT molecular complexity index is 777. The summed E-state index contributed by atoms with van der Waals surface area (Å²) in [6, 6.07) is 3.35. The lowest BCUT2D eigenvalue weighted by Gasteiger charge is -2.29. The number of thiophene rings is 1. The molecule has 0 radical (unpaired) electrons. The number of hydrogen-bond donors (Lipinski definition) is 2. The van der Waals surface area contributed by atoms with E-state index in [9.17, 15) is 26.4 Å². The maximum Gasteiger partial charge on any atom is 0.490 e. The molecule has 0 aliphatic carbocycles. The first kappa shape index (κ1) is 26.3. The van der Waals surface area contributed by atoms with Gasteiger partial charge in [0.1, 0.15) is 4.21 Å². The number of carbonyl (C=O) groups is 2. The summed E-state index contributed by atoms with van der Waals surface area (Å²) in [4.78, 5) is 23.0. The average Bonchev–Trinajstić information content (AvgIpc) is 3.20. The Labute approximate surface area is 177 Å². The van der Waals surface area contributed by atoms with E-state index >= 15 is 0 Å². The number of carbonyl (C=O) groups excluding carboxylic acids is 1. The number of piperazine rings is 1. The lowest BCUT2D eigenvalue weighted by atomic mass is 10.2. The molecule has 1 aliphatic heterocycles. The SMILES string of the molecule is CC(C)CN(CCC(=O)N1CCNCC1)S(=O)(=O)c1cccs1.O=C(O)C(F)(F)F. The number of carboxylic acid groups (broad SMARTS) is 1. The number of rotatable bonds is 7. The number of halogens is 3. The fourth-order valence-electron chi connectivity index (χ4n) is 2.55. The van der Waals surface area contributed by atoms with Crippen LogP contribution >= 0.6 is 11.3 Å². The molecule has 1 aliphatic rings.